The minimum Gasteiger partial charge on any atom is -0.206 e. The van der Waals surface area contributed by atoms with E-state index in [4.69, 9.17) is 5.26 Å². The van der Waals surface area contributed by atoms with Gasteiger partial charge >= 0.3 is 0 Å². The largest absolute Gasteiger partial charge is 0.206 e. The van der Waals surface area contributed by atoms with Crippen molar-refractivity contribution >= 4 is 0 Å². The van der Waals surface area contributed by atoms with Crippen molar-refractivity contribution in [3.05, 3.63) is 35.1 Å². The Kier molecular flexibility index (Phi) is 1.58. The third kappa shape index (κ3) is 1.18. The number of rotatable bonds is 1. The average Bonchev–Trinajstić information content (AvgIpc) is 2.88. The summed E-state index contributed by atoms with van der Waals surface area (Å²) in [5.74, 6) is 0.166. The lowest BCUT2D eigenvalue weighted by atomic mass is 10.1. The van der Waals surface area contributed by atoms with Crippen LogP contribution >= 0.6 is 0 Å². The highest BCUT2D eigenvalue weighted by Crippen LogP contribution is 2.40. The molecule has 1 aliphatic rings. The van der Waals surface area contributed by atoms with Crippen LogP contribution in [0.5, 0.6) is 0 Å². The highest BCUT2D eigenvalue weighted by molar-refractivity contribution is 5.37. The molecule has 0 unspecified atom stereocenters. The highest BCUT2D eigenvalue weighted by Gasteiger charge is 2.23. The zero-order valence-electron chi connectivity index (χ0n) is 6.55. The Balaban J connectivity index is 2.42. The summed E-state index contributed by atoms with van der Waals surface area (Å²) in [6, 6.07) is 6.66. The maximum atomic E-state index is 12.8. The van der Waals surface area contributed by atoms with Crippen LogP contribution < -0.4 is 0 Å². The molecule has 0 amide bonds. The molecule has 1 nitrogen and oxygen atoms in total. The fourth-order valence-electron chi connectivity index (χ4n) is 1.30. The Morgan fingerprint density at radius 3 is 2.75 bits per heavy atom. The fraction of sp³-hybridized carbons (Fsp3) is 0.300. The van der Waals surface area contributed by atoms with Crippen LogP contribution in [0.25, 0.3) is 0 Å². The first-order valence-electron chi connectivity index (χ1n) is 4.01. The molecular formula is C10H8FN. The highest BCUT2D eigenvalue weighted by atomic mass is 19.1. The molecule has 0 radical (unpaired) electrons. The molecule has 1 saturated carbocycles. The van der Waals surface area contributed by atoms with Gasteiger partial charge in [-0.15, -0.1) is 0 Å². The van der Waals surface area contributed by atoms with Crippen LogP contribution in [0.2, 0.25) is 0 Å². The summed E-state index contributed by atoms with van der Waals surface area (Å²) in [4.78, 5) is 0. The van der Waals surface area contributed by atoms with E-state index in [1.165, 1.54) is 18.9 Å². The van der Waals surface area contributed by atoms with E-state index in [2.05, 4.69) is 0 Å². The number of halogens is 1. The molecule has 0 heterocycles. The molecule has 2 heteroatoms. The van der Waals surface area contributed by atoms with Crippen molar-refractivity contribution in [2.75, 3.05) is 0 Å². The smallest absolute Gasteiger partial charge is 0.140 e. The van der Waals surface area contributed by atoms with Gasteiger partial charge in [-0.3, -0.25) is 0 Å². The fourth-order valence-corrected chi connectivity index (χ4v) is 1.30. The summed E-state index contributed by atoms with van der Waals surface area (Å²) < 4.78 is 12.8. The third-order valence-corrected chi connectivity index (χ3v) is 2.16. The second-order valence-corrected chi connectivity index (χ2v) is 3.13. The second kappa shape index (κ2) is 2.60. The summed E-state index contributed by atoms with van der Waals surface area (Å²) in [5, 5.41) is 8.56. The lowest BCUT2D eigenvalue weighted by Crippen LogP contribution is -1.86. The van der Waals surface area contributed by atoms with E-state index in [9.17, 15) is 4.39 Å². The first-order chi connectivity index (χ1) is 5.81. The van der Waals surface area contributed by atoms with Crippen LogP contribution in [0.15, 0.2) is 18.2 Å². The van der Waals surface area contributed by atoms with E-state index < -0.39 is 5.82 Å². The van der Waals surface area contributed by atoms with Crippen molar-refractivity contribution in [1.29, 1.82) is 5.26 Å². The van der Waals surface area contributed by atoms with Gasteiger partial charge in [-0.2, -0.15) is 5.26 Å². The Labute approximate surface area is 70.4 Å². The van der Waals surface area contributed by atoms with Gasteiger partial charge < -0.3 is 0 Å². The average molecular weight is 161 g/mol. The molecule has 0 N–H and O–H groups in total. The Morgan fingerprint density at radius 1 is 1.42 bits per heavy atom. The van der Waals surface area contributed by atoms with Crippen molar-refractivity contribution in [2.45, 2.75) is 18.8 Å². The zero-order chi connectivity index (χ0) is 8.55. The molecule has 1 aromatic rings. The maximum Gasteiger partial charge on any atom is 0.140 e. The van der Waals surface area contributed by atoms with E-state index in [0.29, 0.717) is 5.92 Å². The molecule has 0 aliphatic heterocycles. The van der Waals surface area contributed by atoms with Crippen LogP contribution in [0.4, 0.5) is 4.39 Å². The van der Waals surface area contributed by atoms with Gasteiger partial charge in [0.25, 0.3) is 0 Å². The van der Waals surface area contributed by atoms with Gasteiger partial charge in [0.15, 0.2) is 0 Å². The van der Waals surface area contributed by atoms with Gasteiger partial charge in [0.2, 0.25) is 0 Å². The predicted molar refractivity (Wildman–Crippen MR) is 43.1 cm³/mol. The lowest BCUT2D eigenvalue weighted by molar-refractivity contribution is 0.623. The SMILES string of the molecule is N#Cc1cc(C2CC2)ccc1F. The molecule has 0 spiro atoms. The topological polar surface area (TPSA) is 23.8 Å². The number of hydrogen-bond donors (Lipinski definition) is 0. The summed E-state index contributed by atoms with van der Waals surface area (Å²) in [5.41, 5.74) is 1.27. The van der Waals surface area contributed by atoms with E-state index in [1.54, 1.807) is 12.1 Å². The van der Waals surface area contributed by atoms with Gasteiger partial charge in [-0.1, -0.05) is 6.07 Å². The van der Waals surface area contributed by atoms with Crippen molar-refractivity contribution < 1.29 is 4.39 Å². The van der Waals surface area contributed by atoms with Crippen molar-refractivity contribution in [2.24, 2.45) is 0 Å². The molecule has 12 heavy (non-hydrogen) atoms. The third-order valence-electron chi connectivity index (χ3n) is 2.16. The molecular weight excluding hydrogens is 153 g/mol. The number of hydrogen-bond acceptors (Lipinski definition) is 1. The van der Waals surface area contributed by atoms with Gasteiger partial charge in [0, 0.05) is 0 Å². The molecule has 0 saturated heterocycles. The molecule has 60 valence electrons. The number of benzene rings is 1. The minimum absolute atomic E-state index is 0.166. The normalized spacial score (nSPS) is 15.7. The van der Waals surface area contributed by atoms with Crippen LogP contribution in [0, 0.1) is 17.1 Å². The van der Waals surface area contributed by atoms with E-state index in [1.807, 2.05) is 6.07 Å². The molecule has 1 aromatic carbocycles. The molecule has 2 rings (SSSR count). The summed E-state index contributed by atoms with van der Waals surface area (Å²) in [6.07, 6.45) is 2.35. The molecule has 0 bridgehead atoms. The Hall–Kier alpha value is -1.36. The van der Waals surface area contributed by atoms with Crippen molar-refractivity contribution in [3.63, 3.8) is 0 Å². The molecule has 1 aliphatic carbocycles. The van der Waals surface area contributed by atoms with Crippen LogP contribution in [0.3, 0.4) is 0 Å². The molecule has 0 aromatic heterocycles. The Morgan fingerprint density at radius 2 is 2.17 bits per heavy atom. The maximum absolute atomic E-state index is 12.8. The number of nitriles is 1. The van der Waals surface area contributed by atoms with Gasteiger partial charge in [0.05, 0.1) is 5.56 Å². The van der Waals surface area contributed by atoms with Gasteiger partial charge in [0.1, 0.15) is 11.9 Å². The van der Waals surface area contributed by atoms with E-state index in [0.717, 1.165) is 5.56 Å². The first kappa shape index (κ1) is 7.30. The van der Waals surface area contributed by atoms with Gasteiger partial charge in [-0.25, -0.2) is 4.39 Å². The van der Waals surface area contributed by atoms with Crippen LogP contribution in [-0.4, -0.2) is 0 Å². The standard InChI is InChI=1S/C10H8FN/c11-10-4-3-8(7-1-2-7)5-9(10)6-12/h3-5,7H,1-2H2. The van der Waals surface area contributed by atoms with Crippen molar-refractivity contribution in [3.8, 4) is 6.07 Å². The van der Waals surface area contributed by atoms with Crippen molar-refractivity contribution in [1.82, 2.24) is 0 Å². The first-order valence-corrected chi connectivity index (χ1v) is 4.01. The Bertz CT molecular complexity index is 347. The predicted octanol–water partition coefficient (Wildman–Crippen LogP) is 2.57. The van der Waals surface area contributed by atoms with Crippen LogP contribution in [-0.2, 0) is 0 Å². The van der Waals surface area contributed by atoms with Gasteiger partial charge in [-0.05, 0) is 36.5 Å². The summed E-state index contributed by atoms with van der Waals surface area (Å²) in [7, 11) is 0. The quantitative estimate of drug-likeness (QED) is 0.621. The lowest BCUT2D eigenvalue weighted by Gasteiger charge is -1.98. The summed E-state index contributed by atoms with van der Waals surface area (Å²) >= 11 is 0. The minimum atomic E-state index is -0.415. The van der Waals surface area contributed by atoms with Crippen LogP contribution in [0.1, 0.15) is 29.9 Å². The monoisotopic (exact) mass is 161 g/mol. The summed E-state index contributed by atoms with van der Waals surface area (Å²) in [6.45, 7) is 0. The number of nitrogens with zero attached hydrogens (tertiary/aromatic N) is 1. The molecule has 1 fully saturated rings. The van der Waals surface area contributed by atoms with E-state index >= 15 is 0 Å². The van der Waals surface area contributed by atoms with E-state index in [-0.39, 0.29) is 5.56 Å². The second-order valence-electron chi connectivity index (χ2n) is 3.13. The molecule has 0 atom stereocenters. The zero-order valence-corrected chi connectivity index (χ0v) is 6.55.